The van der Waals surface area contributed by atoms with Gasteiger partial charge in [-0.25, -0.2) is 0 Å². The van der Waals surface area contributed by atoms with Gasteiger partial charge in [-0.1, -0.05) is 6.92 Å². The average Bonchev–Trinajstić information content (AvgIpc) is 2.29. The molecule has 0 saturated carbocycles. The normalized spacial score (nSPS) is 37.2. The van der Waals surface area contributed by atoms with Crippen molar-refractivity contribution < 1.29 is 9.90 Å². The van der Waals surface area contributed by atoms with Gasteiger partial charge in [0.15, 0.2) is 0 Å². The molecule has 2 N–H and O–H groups in total. The lowest BCUT2D eigenvalue weighted by molar-refractivity contribution is -0.145. The van der Waals surface area contributed by atoms with E-state index in [1.807, 2.05) is 11.8 Å². The van der Waals surface area contributed by atoms with Crippen LogP contribution < -0.4 is 5.32 Å². The third-order valence-electron chi connectivity index (χ3n) is 3.56. The van der Waals surface area contributed by atoms with Crippen LogP contribution >= 0.6 is 11.8 Å². The summed E-state index contributed by atoms with van der Waals surface area (Å²) in [7, 11) is 0. The molecule has 0 aromatic carbocycles. The fourth-order valence-corrected chi connectivity index (χ4v) is 3.91. The SMILES string of the molecule is CC1SCCCC1N1CCNCC1C(=O)O. The monoisotopic (exact) mass is 244 g/mol. The summed E-state index contributed by atoms with van der Waals surface area (Å²) in [5.74, 6) is 0.538. The van der Waals surface area contributed by atoms with Crippen LogP contribution in [0.3, 0.4) is 0 Å². The number of nitrogens with one attached hydrogen (secondary N) is 1. The van der Waals surface area contributed by atoms with Crippen LogP contribution in [0.25, 0.3) is 0 Å². The fraction of sp³-hybridized carbons (Fsp3) is 0.909. The number of rotatable bonds is 2. The van der Waals surface area contributed by atoms with Crippen LogP contribution in [-0.4, -0.2) is 58.7 Å². The van der Waals surface area contributed by atoms with E-state index in [1.54, 1.807) is 0 Å². The molecule has 0 aliphatic carbocycles. The first-order chi connectivity index (χ1) is 7.70. The number of aliphatic carboxylic acids is 1. The van der Waals surface area contributed by atoms with Crippen molar-refractivity contribution in [2.24, 2.45) is 0 Å². The molecule has 0 aromatic heterocycles. The highest BCUT2D eigenvalue weighted by Gasteiger charge is 2.36. The number of nitrogens with zero attached hydrogens (tertiary/aromatic N) is 1. The van der Waals surface area contributed by atoms with Crippen molar-refractivity contribution in [2.45, 2.75) is 37.1 Å². The Kier molecular flexibility index (Phi) is 4.10. The summed E-state index contributed by atoms with van der Waals surface area (Å²) in [4.78, 5) is 13.4. The number of carboxylic acids is 1. The van der Waals surface area contributed by atoms with E-state index >= 15 is 0 Å². The van der Waals surface area contributed by atoms with Crippen LogP contribution in [0.1, 0.15) is 19.8 Å². The molecule has 2 aliphatic rings. The van der Waals surface area contributed by atoms with E-state index in [2.05, 4.69) is 17.1 Å². The van der Waals surface area contributed by atoms with E-state index < -0.39 is 5.97 Å². The molecule has 3 atom stereocenters. The summed E-state index contributed by atoms with van der Waals surface area (Å²) in [6.07, 6.45) is 2.37. The van der Waals surface area contributed by atoms with Gasteiger partial charge in [-0.2, -0.15) is 11.8 Å². The molecule has 3 unspecified atom stereocenters. The Morgan fingerprint density at radius 1 is 1.56 bits per heavy atom. The molecule has 0 amide bonds. The zero-order valence-corrected chi connectivity index (χ0v) is 10.5. The second-order valence-electron chi connectivity index (χ2n) is 4.58. The highest BCUT2D eigenvalue weighted by Crippen LogP contribution is 2.30. The first-order valence-electron chi connectivity index (χ1n) is 6.01. The van der Waals surface area contributed by atoms with Crippen molar-refractivity contribution in [2.75, 3.05) is 25.4 Å². The predicted molar refractivity (Wildman–Crippen MR) is 65.9 cm³/mol. The average molecular weight is 244 g/mol. The van der Waals surface area contributed by atoms with Crippen LogP contribution in [0.5, 0.6) is 0 Å². The number of thioether (sulfide) groups is 1. The van der Waals surface area contributed by atoms with Crippen LogP contribution in [0, 0.1) is 0 Å². The molecule has 92 valence electrons. The van der Waals surface area contributed by atoms with Crippen molar-refractivity contribution in [3.8, 4) is 0 Å². The zero-order chi connectivity index (χ0) is 11.5. The van der Waals surface area contributed by atoms with E-state index in [0.717, 1.165) is 19.5 Å². The lowest BCUT2D eigenvalue weighted by Gasteiger charge is -2.43. The lowest BCUT2D eigenvalue weighted by atomic mass is 10.0. The number of hydrogen-bond donors (Lipinski definition) is 2. The molecule has 0 bridgehead atoms. The van der Waals surface area contributed by atoms with E-state index in [0.29, 0.717) is 17.8 Å². The molecule has 4 nitrogen and oxygen atoms in total. The van der Waals surface area contributed by atoms with E-state index in [-0.39, 0.29) is 6.04 Å². The summed E-state index contributed by atoms with van der Waals surface area (Å²) in [6.45, 7) is 4.60. The number of carboxylic acid groups (broad SMARTS) is 1. The van der Waals surface area contributed by atoms with Crippen molar-refractivity contribution in [1.29, 1.82) is 0 Å². The highest BCUT2D eigenvalue weighted by molar-refractivity contribution is 7.99. The van der Waals surface area contributed by atoms with Crippen LogP contribution in [-0.2, 0) is 4.79 Å². The topological polar surface area (TPSA) is 52.6 Å². The first-order valence-corrected chi connectivity index (χ1v) is 7.06. The minimum Gasteiger partial charge on any atom is -0.480 e. The predicted octanol–water partition coefficient (Wildman–Crippen LogP) is 0.629. The standard InChI is InChI=1S/C11H20N2O2S/c1-8-9(3-2-6-16-8)13-5-4-12-7-10(13)11(14)15/h8-10,12H,2-7H2,1H3,(H,14,15). The molecule has 2 fully saturated rings. The van der Waals surface area contributed by atoms with Crippen LogP contribution in [0.2, 0.25) is 0 Å². The maximum absolute atomic E-state index is 11.2. The van der Waals surface area contributed by atoms with Gasteiger partial charge in [0.05, 0.1) is 0 Å². The molecule has 2 heterocycles. The summed E-state index contributed by atoms with van der Waals surface area (Å²) in [5, 5.41) is 13.0. The summed E-state index contributed by atoms with van der Waals surface area (Å²) >= 11 is 1.98. The highest BCUT2D eigenvalue weighted by atomic mass is 32.2. The molecule has 16 heavy (non-hydrogen) atoms. The van der Waals surface area contributed by atoms with Crippen LogP contribution in [0.15, 0.2) is 0 Å². The van der Waals surface area contributed by atoms with Crippen molar-refractivity contribution >= 4 is 17.7 Å². The quantitative estimate of drug-likeness (QED) is 0.746. The Morgan fingerprint density at radius 2 is 2.38 bits per heavy atom. The van der Waals surface area contributed by atoms with Gasteiger partial charge in [0.1, 0.15) is 6.04 Å². The zero-order valence-electron chi connectivity index (χ0n) is 9.69. The molecule has 2 saturated heterocycles. The second kappa shape index (κ2) is 5.38. The molecule has 0 radical (unpaired) electrons. The molecule has 0 aromatic rings. The van der Waals surface area contributed by atoms with E-state index in [9.17, 15) is 9.90 Å². The minimum absolute atomic E-state index is 0.333. The maximum Gasteiger partial charge on any atom is 0.322 e. The lowest BCUT2D eigenvalue weighted by Crippen LogP contribution is -2.60. The molecule has 2 rings (SSSR count). The minimum atomic E-state index is -0.685. The van der Waals surface area contributed by atoms with Gasteiger partial charge in [-0.15, -0.1) is 0 Å². The van der Waals surface area contributed by atoms with Crippen molar-refractivity contribution in [3.05, 3.63) is 0 Å². The largest absolute Gasteiger partial charge is 0.480 e. The Morgan fingerprint density at radius 3 is 3.06 bits per heavy atom. The Labute approximate surface area is 101 Å². The third-order valence-corrected chi connectivity index (χ3v) is 4.93. The van der Waals surface area contributed by atoms with Gasteiger partial charge in [0.2, 0.25) is 0 Å². The van der Waals surface area contributed by atoms with E-state index in [4.69, 9.17) is 0 Å². The Bertz CT molecular complexity index is 262. The summed E-state index contributed by atoms with van der Waals surface area (Å²) in [6, 6.07) is 0.113. The van der Waals surface area contributed by atoms with Gasteiger partial charge in [-0.05, 0) is 18.6 Å². The molecular weight excluding hydrogens is 224 g/mol. The van der Waals surface area contributed by atoms with Crippen LogP contribution in [0.4, 0.5) is 0 Å². The summed E-state index contributed by atoms with van der Waals surface area (Å²) in [5.41, 5.74) is 0. The van der Waals surface area contributed by atoms with E-state index in [1.165, 1.54) is 12.2 Å². The number of piperazine rings is 1. The molecular formula is C11H20N2O2S. The Hall–Kier alpha value is -0.260. The third kappa shape index (κ3) is 2.52. The Balaban J connectivity index is 2.06. The summed E-state index contributed by atoms with van der Waals surface area (Å²) < 4.78 is 0. The first kappa shape index (κ1) is 12.2. The van der Waals surface area contributed by atoms with Gasteiger partial charge in [0, 0.05) is 30.9 Å². The van der Waals surface area contributed by atoms with Gasteiger partial charge in [0.25, 0.3) is 0 Å². The molecule has 5 heteroatoms. The van der Waals surface area contributed by atoms with Gasteiger partial charge < -0.3 is 10.4 Å². The molecule has 0 spiro atoms. The van der Waals surface area contributed by atoms with Crippen molar-refractivity contribution in [3.63, 3.8) is 0 Å². The van der Waals surface area contributed by atoms with Gasteiger partial charge in [-0.3, -0.25) is 9.69 Å². The number of hydrogen-bond acceptors (Lipinski definition) is 4. The maximum atomic E-state index is 11.2. The van der Waals surface area contributed by atoms with Gasteiger partial charge >= 0.3 is 5.97 Å². The smallest absolute Gasteiger partial charge is 0.322 e. The molecule has 2 aliphatic heterocycles. The number of carbonyl (C=O) groups is 1. The fourth-order valence-electron chi connectivity index (χ4n) is 2.69. The van der Waals surface area contributed by atoms with Crippen molar-refractivity contribution in [1.82, 2.24) is 10.2 Å². The second-order valence-corrected chi connectivity index (χ2v) is 6.07.